The third-order valence-electron chi connectivity index (χ3n) is 5.06. The summed E-state index contributed by atoms with van der Waals surface area (Å²) in [5.41, 5.74) is -0.839. The Balaban J connectivity index is 1.55. The fourth-order valence-corrected chi connectivity index (χ4v) is 3.75. The van der Waals surface area contributed by atoms with Gasteiger partial charge in [-0.1, -0.05) is 12.8 Å². The first-order valence-corrected chi connectivity index (χ1v) is 8.55. The topological polar surface area (TPSA) is 96.0 Å². The highest BCUT2D eigenvalue weighted by molar-refractivity contribution is 6.08. The maximum atomic E-state index is 12.5. The van der Waals surface area contributed by atoms with Crippen LogP contribution in [0.5, 0.6) is 0 Å². The van der Waals surface area contributed by atoms with Crippen molar-refractivity contribution in [2.24, 2.45) is 0 Å². The highest BCUT2D eigenvalue weighted by Gasteiger charge is 2.52. The van der Waals surface area contributed by atoms with Crippen LogP contribution in [0.25, 0.3) is 0 Å². The quantitative estimate of drug-likeness (QED) is 0.592. The summed E-state index contributed by atoms with van der Waals surface area (Å²) in [5.74, 6) is -1.33. The van der Waals surface area contributed by atoms with Gasteiger partial charge in [-0.3, -0.25) is 19.3 Å². The van der Waals surface area contributed by atoms with Crippen molar-refractivity contribution in [2.75, 3.05) is 19.6 Å². The summed E-state index contributed by atoms with van der Waals surface area (Å²) in [5, 5.41) is 2.71. The molecule has 4 amide bonds. The minimum atomic E-state index is -0.906. The average Bonchev–Trinajstić information content (AvgIpc) is 3.26. The molecular weight excluding hydrogens is 314 g/mol. The van der Waals surface area contributed by atoms with Crippen LogP contribution in [-0.4, -0.2) is 64.9 Å². The first-order chi connectivity index (χ1) is 11.4. The third-order valence-corrected chi connectivity index (χ3v) is 5.06. The van der Waals surface area contributed by atoms with E-state index < -0.39 is 30.2 Å². The van der Waals surface area contributed by atoms with Crippen molar-refractivity contribution < 1.29 is 23.9 Å². The van der Waals surface area contributed by atoms with E-state index in [1.165, 1.54) is 6.92 Å². The molecule has 0 bridgehead atoms. The predicted octanol–water partition coefficient (Wildman–Crippen LogP) is 0.405. The summed E-state index contributed by atoms with van der Waals surface area (Å²) in [6.07, 6.45) is 3.97. The standard InChI is InChI=1S/C16H23N3O5/c1-11(13(21)18-8-4-5-9-18)24-12(20)10-19-14(22)16(17-15(19)23)6-2-3-7-16/h11H,2-10H2,1H3,(H,17,23)/t11-/m1/s1. The molecule has 3 fully saturated rings. The highest BCUT2D eigenvalue weighted by Crippen LogP contribution is 2.34. The van der Waals surface area contributed by atoms with E-state index in [0.717, 1.165) is 30.6 Å². The molecule has 24 heavy (non-hydrogen) atoms. The largest absolute Gasteiger partial charge is 0.451 e. The zero-order valence-corrected chi connectivity index (χ0v) is 13.9. The summed E-state index contributed by atoms with van der Waals surface area (Å²) in [6, 6.07) is -0.558. The summed E-state index contributed by atoms with van der Waals surface area (Å²) >= 11 is 0. The lowest BCUT2D eigenvalue weighted by Gasteiger charge is -2.22. The predicted molar refractivity (Wildman–Crippen MR) is 82.8 cm³/mol. The molecule has 1 spiro atoms. The zero-order chi connectivity index (χ0) is 17.3. The molecule has 0 aromatic rings. The zero-order valence-electron chi connectivity index (χ0n) is 13.9. The van der Waals surface area contributed by atoms with Gasteiger partial charge in [-0.05, 0) is 32.6 Å². The van der Waals surface area contributed by atoms with Crippen LogP contribution in [0.15, 0.2) is 0 Å². The summed E-state index contributed by atoms with van der Waals surface area (Å²) in [7, 11) is 0. The first kappa shape index (κ1) is 16.7. The Morgan fingerprint density at radius 3 is 2.42 bits per heavy atom. The molecule has 2 aliphatic heterocycles. The number of rotatable bonds is 4. The minimum absolute atomic E-state index is 0.231. The summed E-state index contributed by atoms with van der Waals surface area (Å²) in [4.78, 5) is 51.3. The van der Waals surface area contributed by atoms with Crippen molar-refractivity contribution in [2.45, 2.75) is 57.1 Å². The molecule has 1 aliphatic carbocycles. The van der Waals surface area contributed by atoms with E-state index in [1.807, 2.05) is 0 Å². The van der Waals surface area contributed by atoms with Crippen LogP contribution in [-0.2, 0) is 19.1 Å². The number of amides is 4. The van der Waals surface area contributed by atoms with E-state index in [1.54, 1.807) is 4.90 Å². The minimum Gasteiger partial charge on any atom is -0.451 e. The van der Waals surface area contributed by atoms with Gasteiger partial charge in [0.15, 0.2) is 6.10 Å². The molecule has 3 aliphatic rings. The number of hydrogen-bond donors (Lipinski definition) is 1. The maximum absolute atomic E-state index is 12.5. The maximum Gasteiger partial charge on any atom is 0.327 e. The lowest BCUT2D eigenvalue weighted by molar-refractivity contribution is -0.160. The Morgan fingerprint density at radius 1 is 1.17 bits per heavy atom. The molecule has 3 rings (SSSR count). The van der Waals surface area contributed by atoms with Crippen LogP contribution in [0.3, 0.4) is 0 Å². The summed E-state index contributed by atoms with van der Waals surface area (Å²) in [6.45, 7) is 2.42. The van der Waals surface area contributed by atoms with E-state index in [0.29, 0.717) is 25.9 Å². The molecule has 0 aromatic heterocycles. The number of ether oxygens (including phenoxy) is 1. The van der Waals surface area contributed by atoms with Crippen LogP contribution in [0.2, 0.25) is 0 Å². The van der Waals surface area contributed by atoms with Crippen LogP contribution in [0.4, 0.5) is 4.79 Å². The van der Waals surface area contributed by atoms with Gasteiger partial charge >= 0.3 is 12.0 Å². The fourth-order valence-electron chi connectivity index (χ4n) is 3.75. The van der Waals surface area contributed by atoms with Crippen molar-refractivity contribution in [3.05, 3.63) is 0 Å². The van der Waals surface area contributed by atoms with Crippen molar-refractivity contribution in [3.8, 4) is 0 Å². The second kappa shape index (κ2) is 6.41. The number of carbonyl (C=O) groups is 4. The lowest BCUT2D eigenvalue weighted by Crippen LogP contribution is -2.45. The monoisotopic (exact) mass is 337 g/mol. The van der Waals surface area contributed by atoms with Gasteiger partial charge in [0.25, 0.3) is 11.8 Å². The van der Waals surface area contributed by atoms with Crippen LogP contribution < -0.4 is 5.32 Å². The van der Waals surface area contributed by atoms with Gasteiger partial charge < -0.3 is 15.0 Å². The molecule has 0 unspecified atom stereocenters. The molecule has 1 atom stereocenters. The number of esters is 1. The molecule has 8 nitrogen and oxygen atoms in total. The summed E-state index contributed by atoms with van der Waals surface area (Å²) < 4.78 is 5.13. The van der Waals surface area contributed by atoms with Gasteiger partial charge in [0.05, 0.1) is 0 Å². The molecular formula is C16H23N3O5. The molecule has 0 radical (unpaired) electrons. The van der Waals surface area contributed by atoms with Crippen molar-refractivity contribution in [1.29, 1.82) is 0 Å². The fraction of sp³-hybridized carbons (Fsp3) is 0.750. The van der Waals surface area contributed by atoms with Gasteiger partial charge in [0.2, 0.25) is 0 Å². The van der Waals surface area contributed by atoms with Gasteiger partial charge in [-0.25, -0.2) is 4.79 Å². The average molecular weight is 337 g/mol. The van der Waals surface area contributed by atoms with Gasteiger partial charge in [-0.15, -0.1) is 0 Å². The van der Waals surface area contributed by atoms with E-state index in [9.17, 15) is 19.2 Å². The number of likely N-dealkylation sites (tertiary alicyclic amines) is 1. The Morgan fingerprint density at radius 2 is 1.79 bits per heavy atom. The SMILES string of the molecule is C[C@@H](OC(=O)CN1C(=O)NC2(CCCC2)C1=O)C(=O)N1CCCC1. The van der Waals surface area contributed by atoms with Crippen LogP contribution >= 0.6 is 0 Å². The lowest BCUT2D eigenvalue weighted by atomic mass is 9.98. The Bertz CT molecular complexity index is 564. The van der Waals surface area contributed by atoms with Gasteiger partial charge in [-0.2, -0.15) is 0 Å². The first-order valence-electron chi connectivity index (χ1n) is 8.55. The smallest absolute Gasteiger partial charge is 0.327 e. The molecule has 132 valence electrons. The number of carbonyl (C=O) groups excluding carboxylic acids is 4. The van der Waals surface area contributed by atoms with E-state index in [-0.39, 0.29) is 11.8 Å². The number of urea groups is 1. The molecule has 0 aromatic carbocycles. The number of nitrogens with one attached hydrogen (secondary N) is 1. The third kappa shape index (κ3) is 2.97. The second-order valence-corrected chi connectivity index (χ2v) is 6.78. The number of nitrogens with zero attached hydrogens (tertiary/aromatic N) is 2. The Labute approximate surface area is 140 Å². The van der Waals surface area contributed by atoms with E-state index >= 15 is 0 Å². The van der Waals surface area contributed by atoms with Crippen molar-refractivity contribution in [3.63, 3.8) is 0 Å². The molecule has 2 saturated heterocycles. The van der Waals surface area contributed by atoms with Gasteiger partial charge in [0, 0.05) is 13.1 Å². The van der Waals surface area contributed by atoms with Crippen LogP contribution in [0.1, 0.15) is 45.4 Å². The van der Waals surface area contributed by atoms with E-state index in [4.69, 9.17) is 4.74 Å². The van der Waals surface area contributed by atoms with Crippen LogP contribution in [0, 0.1) is 0 Å². The normalized spacial score (nSPS) is 23.7. The van der Waals surface area contributed by atoms with Crippen molar-refractivity contribution in [1.82, 2.24) is 15.1 Å². The van der Waals surface area contributed by atoms with Gasteiger partial charge in [0.1, 0.15) is 12.1 Å². The molecule has 2 heterocycles. The number of hydrogen-bond acceptors (Lipinski definition) is 5. The molecule has 1 N–H and O–H groups in total. The Hall–Kier alpha value is -2.12. The van der Waals surface area contributed by atoms with E-state index in [2.05, 4.69) is 5.32 Å². The molecule has 1 saturated carbocycles. The number of imide groups is 1. The van der Waals surface area contributed by atoms with Crippen molar-refractivity contribution >= 4 is 23.8 Å². The highest BCUT2D eigenvalue weighted by atomic mass is 16.5. The second-order valence-electron chi connectivity index (χ2n) is 6.78. The molecule has 8 heteroatoms. The Kier molecular flexibility index (Phi) is 4.47.